The molecule has 1 amide bonds. The summed E-state index contributed by atoms with van der Waals surface area (Å²) in [4.78, 5) is 16.2. The van der Waals surface area contributed by atoms with Crippen LogP contribution in [0.2, 0.25) is 0 Å². The molecule has 0 spiro atoms. The van der Waals surface area contributed by atoms with Crippen LogP contribution >= 0.6 is 15.9 Å². The normalized spacial score (nSPS) is 10.8. The third kappa shape index (κ3) is 3.69. The van der Waals surface area contributed by atoms with Gasteiger partial charge in [0.15, 0.2) is 5.82 Å². The predicted octanol–water partition coefficient (Wildman–Crippen LogP) is 2.32. The lowest BCUT2D eigenvalue weighted by Crippen LogP contribution is -2.28. The zero-order chi connectivity index (χ0) is 14.5. The summed E-state index contributed by atoms with van der Waals surface area (Å²) in [5, 5.41) is 6.65. The quantitative estimate of drug-likeness (QED) is 0.875. The standard InChI is InChI=1S/C13H17BrN4O2/c1-3-6-18-8-10(14)7-11(18)13(19)15-5-4-12-16-9(2)20-17-12/h7-8H,3-6H2,1-2H3,(H,15,19). The fourth-order valence-electron chi connectivity index (χ4n) is 1.91. The molecule has 0 aromatic carbocycles. The molecule has 2 heterocycles. The highest BCUT2D eigenvalue weighted by molar-refractivity contribution is 9.10. The number of aromatic nitrogens is 3. The van der Waals surface area contributed by atoms with Crippen molar-refractivity contribution in [2.45, 2.75) is 33.2 Å². The maximum Gasteiger partial charge on any atom is 0.267 e. The van der Waals surface area contributed by atoms with E-state index in [2.05, 4.69) is 38.3 Å². The van der Waals surface area contributed by atoms with Gasteiger partial charge in [-0.05, 0) is 28.4 Å². The van der Waals surface area contributed by atoms with Gasteiger partial charge in [0.05, 0.1) is 0 Å². The lowest BCUT2D eigenvalue weighted by molar-refractivity contribution is 0.0944. The second-order valence-electron chi connectivity index (χ2n) is 4.47. The van der Waals surface area contributed by atoms with Gasteiger partial charge < -0.3 is 14.4 Å². The molecule has 0 aliphatic heterocycles. The number of amides is 1. The summed E-state index contributed by atoms with van der Waals surface area (Å²) in [6.07, 6.45) is 3.45. The maximum atomic E-state index is 12.1. The molecule has 0 bridgehead atoms. The first-order chi connectivity index (χ1) is 9.60. The summed E-state index contributed by atoms with van der Waals surface area (Å²) >= 11 is 3.40. The Bertz CT molecular complexity index is 591. The van der Waals surface area contributed by atoms with E-state index >= 15 is 0 Å². The Morgan fingerprint density at radius 2 is 2.35 bits per heavy atom. The van der Waals surface area contributed by atoms with Gasteiger partial charge in [-0.1, -0.05) is 12.1 Å². The van der Waals surface area contributed by atoms with Crippen LogP contribution in [0, 0.1) is 6.92 Å². The number of halogens is 1. The third-order valence-corrected chi connectivity index (χ3v) is 3.20. The highest BCUT2D eigenvalue weighted by Gasteiger charge is 2.12. The van der Waals surface area contributed by atoms with E-state index in [1.165, 1.54) is 0 Å². The Labute approximate surface area is 125 Å². The smallest absolute Gasteiger partial charge is 0.267 e. The highest BCUT2D eigenvalue weighted by atomic mass is 79.9. The molecular weight excluding hydrogens is 324 g/mol. The monoisotopic (exact) mass is 340 g/mol. The first-order valence-corrected chi connectivity index (χ1v) is 7.32. The zero-order valence-electron chi connectivity index (χ0n) is 11.5. The second kappa shape index (κ2) is 6.69. The van der Waals surface area contributed by atoms with Gasteiger partial charge in [-0.2, -0.15) is 4.98 Å². The number of carbonyl (C=O) groups is 1. The third-order valence-electron chi connectivity index (χ3n) is 2.76. The summed E-state index contributed by atoms with van der Waals surface area (Å²) in [6, 6.07) is 1.82. The molecule has 0 saturated carbocycles. The van der Waals surface area contributed by atoms with E-state index in [1.807, 2.05) is 16.8 Å². The predicted molar refractivity (Wildman–Crippen MR) is 77.5 cm³/mol. The zero-order valence-corrected chi connectivity index (χ0v) is 13.1. The summed E-state index contributed by atoms with van der Waals surface area (Å²) in [5.74, 6) is 1.05. The molecule has 6 nitrogen and oxygen atoms in total. The maximum absolute atomic E-state index is 12.1. The van der Waals surface area contributed by atoms with Crippen molar-refractivity contribution in [3.05, 3.63) is 34.1 Å². The lowest BCUT2D eigenvalue weighted by atomic mass is 10.3. The van der Waals surface area contributed by atoms with Crippen LogP contribution in [0.25, 0.3) is 0 Å². The minimum absolute atomic E-state index is 0.0932. The van der Waals surface area contributed by atoms with Crippen LogP contribution in [0.15, 0.2) is 21.3 Å². The summed E-state index contributed by atoms with van der Waals surface area (Å²) < 4.78 is 7.73. The number of rotatable bonds is 6. The fourth-order valence-corrected chi connectivity index (χ4v) is 2.38. The molecule has 2 rings (SSSR count). The van der Waals surface area contributed by atoms with Crippen molar-refractivity contribution in [1.29, 1.82) is 0 Å². The average Bonchev–Trinajstić information content (AvgIpc) is 2.96. The van der Waals surface area contributed by atoms with E-state index in [0.717, 1.165) is 17.4 Å². The van der Waals surface area contributed by atoms with Crippen molar-refractivity contribution < 1.29 is 9.32 Å². The molecule has 2 aromatic heterocycles. The SMILES string of the molecule is CCCn1cc(Br)cc1C(=O)NCCc1noc(C)n1. The Hall–Kier alpha value is -1.63. The first-order valence-electron chi connectivity index (χ1n) is 6.53. The minimum atomic E-state index is -0.0932. The molecule has 0 fully saturated rings. The van der Waals surface area contributed by atoms with Crippen LogP contribution in [-0.2, 0) is 13.0 Å². The Kier molecular flexibility index (Phi) is 4.94. The molecule has 7 heteroatoms. The van der Waals surface area contributed by atoms with Crippen LogP contribution in [0.4, 0.5) is 0 Å². The topological polar surface area (TPSA) is 73.0 Å². The van der Waals surface area contributed by atoms with Crippen LogP contribution in [0.5, 0.6) is 0 Å². The fraction of sp³-hybridized carbons (Fsp3) is 0.462. The van der Waals surface area contributed by atoms with E-state index in [1.54, 1.807) is 6.92 Å². The molecule has 108 valence electrons. The molecule has 0 unspecified atom stereocenters. The summed E-state index contributed by atoms with van der Waals surface area (Å²) in [6.45, 7) is 5.11. The van der Waals surface area contributed by atoms with Crippen molar-refractivity contribution >= 4 is 21.8 Å². The van der Waals surface area contributed by atoms with Gasteiger partial charge in [-0.15, -0.1) is 0 Å². The minimum Gasteiger partial charge on any atom is -0.350 e. The van der Waals surface area contributed by atoms with Crippen LogP contribution in [0.3, 0.4) is 0 Å². The number of hydrogen-bond acceptors (Lipinski definition) is 4. The number of hydrogen-bond donors (Lipinski definition) is 1. The molecule has 0 radical (unpaired) electrons. The van der Waals surface area contributed by atoms with Crippen LogP contribution < -0.4 is 5.32 Å². The van der Waals surface area contributed by atoms with Crippen molar-refractivity contribution in [2.75, 3.05) is 6.54 Å². The van der Waals surface area contributed by atoms with Crippen molar-refractivity contribution in [2.24, 2.45) is 0 Å². The van der Waals surface area contributed by atoms with Crippen LogP contribution in [-0.4, -0.2) is 27.2 Å². The Morgan fingerprint density at radius 3 is 3.00 bits per heavy atom. The largest absolute Gasteiger partial charge is 0.350 e. The van der Waals surface area contributed by atoms with Gasteiger partial charge in [0.1, 0.15) is 5.69 Å². The molecule has 0 aliphatic rings. The van der Waals surface area contributed by atoms with Gasteiger partial charge in [0.2, 0.25) is 5.89 Å². The van der Waals surface area contributed by atoms with Crippen molar-refractivity contribution in [3.8, 4) is 0 Å². The lowest BCUT2D eigenvalue weighted by Gasteiger charge is -2.07. The summed E-state index contributed by atoms with van der Waals surface area (Å²) in [5.41, 5.74) is 0.656. The van der Waals surface area contributed by atoms with Gasteiger partial charge >= 0.3 is 0 Å². The van der Waals surface area contributed by atoms with E-state index in [0.29, 0.717) is 30.4 Å². The second-order valence-corrected chi connectivity index (χ2v) is 5.39. The van der Waals surface area contributed by atoms with E-state index < -0.39 is 0 Å². The molecule has 0 saturated heterocycles. The molecule has 1 N–H and O–H groups in total. The Morgan fingerprint density at radius 1 is 1.55 bits per heavy atom. The van der Waals surface area contributed by atoms with E-state index in [4.69, 9.17) is 4.52 Å². The average molecular weight is 341 g/mol. The molecule has 20 heavy (non-hydrogen) atoms. The first kappa shape index (κ1) is 14.8. The van der Waals surface area contributed by atoms with Gasteiger partial charge in [-0.25, -0.2) is 0 Å². The number of carbonyl (C=O) groups excluding carboxylic acids is 1. The number of nitrogens with zero attached hydrogens (tertiary/aromatic N) is 3. The number of aryl methyl sites for hydroxylation is 2. The van der Waals surface area contributed by atoms with Crippen molar-refractivity contribution in [1.82, 2.24) is 20.0 Å². The van der Waals surface area contributed by atoms with E-state index in [9.17, 15) is 4.79 Å². The van der Waals surface area contributed by atoms with Gasteiger partial charge in [0.25, 0.3) is 5.91 Å². The van der Waals surface area contributed by atoms with Crippen LogP contribution in [0.1, 0.15) is 35.5 Å². The number of nitrogens with one attached hydrogen (secondary N) is 1. The van der Waals surface area contributed by atoms with Gasteiger partial charge in [0, 0.05) is 37.1 Å². The molecule has 0 atom stereocenters. The Balaban J connectivity index is 1.91. The molecule has 2 aromatic rings. The molecule has 0 aliphatic carbocycles. The van der Waals surface area contributed by atoms with E-state index in [-0.39, 0.29) is 5.91 Å². The van der Waals surface area contributed by atoms with Crippen molar-refractivity contribution in [3.63, 3.8) is 0 Å². The highest BCUT2D eigenvalue weighted by Crippen LogP contribution is 2.15. The summed E-state index contributed by atoms with van der Waals surface area (Å²) in [7, 11) is 0. The molecular formula is C13H17BrN4O2. The van der Waals surface area contributed by atoms with Gasteiger partial charge in [-0.3, -0.25) is 4.79 Å².